The molecule has 1 saturated heterocycles. The quantitative estimate of drug-likeness (QED) is 0.250. The highest BCUT2D eigenvalue weighted by atomic mass is 16.5. The Balaban J connectivity index is 2.11. The summed E-state index contributed by atoms with van der Waals surface area (Å²) in [5, 5.41) is 11.3. The van der Waals surface area contributed by atoms with E-state index < -0.39 is 17.7 Å². The standard InChI is InChI=1S/C27H33NO4/c1-6-7-10-15-28-24(21-12-9-8-11-18(21)4)23(26(30)27(28)31)25(29)20-13-14-22(19(5)16-20)32-17(2)3/h8-9,11-14,16-17,24,29H,6-7,10,15H2,1-5H3/b25-23+. The molecule has 1 aliphatic heterocycles. The third kappa shape index (κ3) is 4.72. The highest BCUT2D eigenvalue weighted by molar-refractivity contribution is 6.46. The largest absolute Gasteiger partial charge is 0.507 e. The lowest BCUT2D eigenvalue weighted by Crippen LogP contribution is -2.31. The average molecular weight is 436 g/mol. The summed E-state index contributed by atoms with van der Waals surface area (Å²) in [6.45, 7) is 10.3. The monoisotopic (exact) mass is 435 g/mol. The zero-order valence-electron chi connectivity index (χ0n) is 19.6. The number of Topliss-reactive ketones (excluding diaryl/α,β-unsaturated/α-hetero) is 1. The van der Waals surface area contributed by atoms with Crippen molar-refractivity contribution in [3.63, 3.8) is 0 Å². The molecule has 5 nitrogen and oxygen atoms in total. The lowest BCUT2D eigenvalue weighted by molar-refractivity contribution is -0.139. The topological polar surface area (TPSA) is 66.8 Å². The molecule has 1 fully saturated rings. The molecule has 2 aromatic rings. The molecule has 0 radical (unpaired) electrons. The molecule has 5 heteroatoms. The molecule has 0 saturated carbocycles. The van der Waals surface area contributed by atoms with Crippen LogP contribution in [0.4, 0.5) is 0 Å². The van der Waals surface area contributed by atoms with Crippen LogP contribution in [0.1, 0.15) is 68.3 Å². The second kappa shape index (κ2) is 10.0. The number of carbonyl (C=O) groups is 2. The number of ether oxygens (including phenoxy) is 1. The first-order chi connectivity index (χ1) is 15.3. The van der Waals surface area contributed by atoms with E-state index in [2.05, 4.69) is 6.92 Å². The predicted molar refractivity (Wildman–Crippen MR) is 127 cm³/mol. The van der Waals surface area contributed by atoms with Gasteiger partial charge in [0, 0.05) is 12.1 Å². The fourth-order valence-electron chi connectivity index (χ4n) is 4.20. The molecule has 3 rings (SSSR count). The summed E-state index contributed by atoms with van der Waals surface area (Å²) in [6.07, 6.45) is 2.83. The number of rotatable bonds is 8. The summed E-state index contributed by atoms with van der Waals surface area (Å²) < 4.78 is 5.79. The van der Waals surface area contributed by atoms with Gasteiger partial charge in [-0.25, -0.2) is 0 Å². The van der Waals surface area contributed by atoms with Crippen LogP contribution >= 0.6 is 0 Å². The number of aliphatic hydroxyl groups is 1. The molecule has 0 spiro atoms. The van der Waals surface area contributed by atoms with Crippen LogP contribution in [-0.4, -0.2) is 34.3 Å². The SMILES string of the molecule is CCCCCN1C(=O)C(=O)/C(=C(/O)c2ccc(OC(C)C)c(C)c2)C1c1ccccc1C. The molecule has 1 heterocycles. The number of aryl methyl sites for hydroxylation is 2. The average Bonchev–Trinajstić information content (AvgIpc) is 3.00. The zero-order chi connectivity index (χ0) is 23.4. The molecule has 32 heavy (non-hydrogen) atoms. The van der Waals surface area contributed by atoms with Crippen LogP contribution in [0.5, 0.6) is 5.75 Å². The fraction of sp³-hybridized carbons (Fsp3) is 0.407. The van der Waals surface area contributed by atoms with Crippen LogP contribution in [0.15, 0.2) is 48.0 Å². The first kappa shape index (κ1) is 23.6. The van der Waals surface area contributed by atoms with E-state index in [0.717, 1.165) is 41.7 Å². The smallest absolute Gasteiger partial charge is 0.295 e. The Labute approximate surface area is 190 Å². The molecule has 0 bridgehead atoms. The van der Waals surface area contributed by atoms with Crippen molar-refractivity contribution in [3.8, 4) is 5.75 Å². The number of ketones is 1. The van der Waals surface area contributed by atoms with Crippen molar-refractivity contribution in [2.75, 3.05) is 6.54 Å². The van der Waals surface area contributed by atoms with E-state index in [1.165, 1.54) is 0 Å². The van der Waals surface area contributed by atoms with Gasteiger partial charge in [0.2, 0.25) is 0 Å². The number of hydrogen-bond donors (Lipinski definition) is 1. The van der Waals surface area contributed by atoms with E-state index >= 15 is 0 Å². The predicted octanol–water partition coefficient (Wildman–Crippen LogP) is 5.70. The first-order valence-corrected chi connectivity index (χ1v) is 11.4. The van der Waals surface area contributed by atoms with Gasteiger partial charge in [-0.15, -0.1) is 0 Å². The van der Waals surface area contributed by atoms with Gasteiger partial charge in [0.15, 0.2) is 0 Å². The lowest BCUT2D eigenvalue weighted by atomic mass is 9.92. The van der Waals surface area contributed by atoms with Crippen molar-refractivity contribution < 1.29 is 19.4 Å². The van der Waals surface area contributed by atoms with Gasteiger partial charge < -0.3 is 14.7 Å². The maximum atomic E-state index is 13.1. The van der Waals surface area contributed by atoms with Crippen LogP contribution in [0.3, 0.4) is 0 Å². The van der Waals surface area contributed by atoms with Crippen molar-refractivity contribution in [3.05, 3.63) is 70.3 Å². The van der Waals surface area contributed by atoms with E-state index in [-0.39, 0.29) is 17.4 Å². The van der Waals surface area contributed by atoms with Gasteiger partial charge in [-0.05, 0) is 69.0 Å². The van der Waals surface area contributed by atoms with Gasteiger partial charge in [0.05, 0.1) is 17.7 Å². The molecular weight excluding hydrogens is 402 g/mol. The summed E-state index contributed by atoms with van der Waals surface area (Å²) in [4.78, 5) is 27.7. The van der Waals surface area contributed by atoms with Crippen molar-refractivity contribution in [2.24, 2.45) is 0 Å². The normalized spacial score (nSPS) is 17.9. The van der Waals surface area contributed by atoms with E-state index in [1.807, 2.05) is 52.0 Å². The van der Waals surface area contributed by atoms with Crippen molar-refractivity contribution in [2.45, 2.75) is 66.0 Å². The van der Waals surface area contributed by atoms with E-state index in [4.69, 9.17) is 4.74 Å². The molecule has 2 aromatic carbocycles. The molecule has 1 aliphatic rings. The molecule has 1 atom stereocenters. The Morgan fingerprint density at radius 1 is 1.06 bits per heavy atom. The number of aliphatic hydroxyl groups excluding tert-OH is 1. The number of amides is 1. The Hall–Kier alpha value is -3.08. The summed E-state index contributed by atoms with van der Waals surface area (Å²) in [7, 11) is 0. The molecule has 1 N–H and O–H groups in total. The Morgan fingerprint density at radius 2 is 1.78 bits per heavy atom. The summed E-state index contributed by atoms with van der Waals surface area (Å²) in [5.41, 5.74) is 3.35. The van der Waals surface area contributed by atoms with Crippen LogP contribution in [0, 0.1) is 13.8 Å². The van der Waals surface area contributed by atoms with E-state index in [0.29, 0.717) is 12.1 Å². The van der Waals surface area contributed by atoms with Gasteiger partial charge in [0.1, 0.15) is 11.5 Å². The molecule has 1 unspecified atom stereocenters. The van der Waals surface area contributed by atoms with Crippen LogP contribution in [0.2, 0.25) is 0 Å². The van der Waals surface area contributed by atoms with Gasteiger partial charge >= 0.3 is 0 Å². The molecular formula is C27H33NO4. The third-order valence-electron chi connectivity index (χ3n) is 5.84. The van der Waals surface area contributed by atoms with Crippen molar-refractivity contribution in [1.82, 2.24) is 4.90 Å². The molecule has 0 aliphatic carbocycles. The van der Waals surface area contributed by atoms with Crippen LogP contribution in [-0.2, 0) is 9.59 Å². The summed E-state index contributed by atoms with van der Waals surface area (Å²) in [5.74, 6) is -0.597. The lowest BCUT2D eigenvalue weighted by Gasteiger charge is -2.26. The summed E-state index contributed by atoms with van der Waals surface area (Å²) >= 11 is 0. The molecule has 1 amide bonds. The van der Waals surface area contributed by atoms with Gasteiger partial charge in [-0.3, -0.25) is 9.59 Å². The minimum absolute atomic E-state index is 0.0302. The fourth-order valence-corrected chi connectivity index (χ4v) is 4.20. The van der Waals surface area contributed by atoms with Crippen LogP contribution < -0.4 is 4.74 Å². The minimum atomic E-state index is -0.632. The number of likely N-dealkylation sites (tertiary alicyclic amines) is 1. The highest BCUT2D eigenvalue weighted by Gasteiger charge is 2.46. The van der Waals surface area contributed by atoms with E-state index in [1.54, 1.807) is 23.1 Å². The molecule has 170 valence electrons. The first-order valence-electron chi connectivity index (χ1n) is 11.4. The van der Waals surface area contributed by atoms with Crippen molar-refractivity contribution >= 4 is 17.4 Å². The number of nitrogens with zero attached hydrogens (tertiary/aromatic N) is 1. The van der Waals surface area contributed by atoms with Gasteiger partial charge in [-0.1, -0.05) is 44.0 Å². The Bertz CT molecular complexity index is 1040. The second-order valence-electron chi connectivity index (χ2n) is 8.70. The van der Waals surface area contributed by atoms with Crippen LogP contribution in [0.25, 0.3) is 5.76 Å². The maximum Gasteiger partial charge on any atom is 0.295 e. The number of carbonyl (C=O) groups excluding carboxylic acids is 2. The minimum Gasteiger partial charge on any atom is -0.507 e. The molecule has 0 aromatic heterocycles. The second-order valence-corrected chi connectivity index (χ2v) is 8.70. The number of unbranched alkanes of at least 4 members (excludes halogenated alkanes) is 2. The highest BCUT2D eigenvalue weighted by Crippen LogP contribution is 2.41. The maximum absolute atomic E-state index is 13.1. The van der Waals surface area contributed by atoms with Gasteiger partial charge in [0.25, 0.3) is 11.7 Å². The van der Waals surface area contributed by atoms with Gasteiger partial charge in [-0.2, -0.15) is 0 Å². The Morgan fingerprint density at radius 3 is 2.41 bits per heavy atom. The number of benzene rings is 2. The van der Waals surface area contributed by atoms with E-state index in [9.17, 15) is 14.7 Å². The van der Waals surface area contributed by atoms with Crippen molar-refractivity contribution in [1.29, 1.82) is 0 Å². The Kier molecular flexibility index (Phi) is 7.39. The summed E-state index contributed by atoms with van der Waals surface area (Å²) in [6, 6.07) is 12.5. The zero-order valence-corrected chi connectivity index (χ0v) is 19.6. The third-order valence-corrected chi connectivity index (χ3v) is 5.84. The number of hydrogen-bond acceptors (Lipinski definition) is 4.